The summed E-state index contributed by atoms with van der Waals surface area (Å²) in [6, 6.07) is 0. The van der Waals surface area contributed by atoms with Crippen LogP contribution in [0.15, 0.2) is 0 Å². The summed E-state index contributed by atoms with van der Waals surface area (Å²) in [5.74, 6) is 0.963. The average Bonchev–Trinajstić information content (AvgIpc) is 2.05. The second kappa shape index (κ2) is 5.19. The van der Waals surface area contributed by atoms with Gasteiger partial charge in [0.15, 0.2) is 0 Å². The summed E-state index contributed by atoms with van der Waals surface area (Å²) in [5, 5.41) is 0. The van der Waals surface area contributed by atoms with Crippen LogP contribution >= 0.6 is 0 Å². The summed E-state index contributed by atoms with van der Waals surface area (Å²) in [5.41, 5.74) is 1.16. The fourth-order valence-electron chi connectivity index (χ4n) is 2.27. The largest absolute Gasteiger partial charge is 0.0683 e. The van der Waals surface area contributed by atoms with Gasteiger partial charge in [0.1, 0.15) is 0 Å². The first kappa shape index (κ1) is 14.0. The minimum absolute atomic E-state index is 0.538. The van der Waals surface area contributed by atoms with Crippen molar-refractivity contribution in [2.75, 3.05) is 0 Å². The van der Waals surface area contributed by atoms with Crippen molar-refractivity contribution in [3.63, 3.8) is 0 Å². The van der Waals surface area contributed by atoms with Crippen molar-refractivity contribution in [2.24, 2.45) is 16.7 Å². The van der Waals surface area contributed by atoms with Gasteiger partial charge in [-0.1, -0.05) is 48.5 Å². The van der Waals surface area contributed by atoms with Crippen LogP contribution < -0.4 is 0 Å². The first-order chi connectivity index (χ1) is 6.31. The van der Waals surface area contributed by atoms with Crippen LogP contribution in [0.25, 0.3) is 0 Å². The molecular weight excluding hydrogens is 168 g/mol. The van der Waals surface area contributed by atoms with E-state index in [1.165, 1.54) is 25.7 Å². The molecule has 0 heterocycles. The van der Waals surface area contributed by atoms with E-state index in [0.29, 0.717) is 10.8 Å². The molecule has 0 nitrogen and oxygen atoms in total. The molecule has 0 unspecified atom stereocenters. The van der Waals surface area contributed by atoms with E-state index < -0.39 is 0 Å². The molecule has 0 spiro atoms. The standard InChI is InChI=1S/C12H24.C2H6/c1-11(2,3)10-6-8-12(4,5)9-7-10;1-2/h10H,6-9H2,1-5H3;1-2H3. The van der Waals surface area contributed by atoms with Gasteiger partial charge in [-0.3, -0.25) is 0 Å². The number of hydrogen-bond donors (Lipinski definition) is 0. The molecule has 0 heteroatoms. The van der Waals surface area contributed by atoms with Crippen LogP contribution in [0, 0.1) is 16.7 Å². The number of hydrogen-bond acceptors (Lipinski definition) is 0. The lowest BCUT2D eigenvalue weighted by molar-refractivity contribution is 0.111. The topological polar surface area (TPSA) is 0 Å². The first-order valence-corrected chi connectivity index (χ1v) is 6.31. The monoisotopic (exact) mass is 198 g/mol. The second-order valence-electron chi connectivity index (χ2n) is 6.30. The highest BCUT2D eigenvalue weighted by molar-refractivity contribution is 4.83. The minimum atomic E-state index is 0.538. The zero-order chi connectivity index (χ0) is 11.4. The molecule has 14 heavy (non-hydrogen) atoms. The van der Waals surface area contributed by atoms with Gasteiger partial charge in [-0.25, -0.2) is 0 Å². The average molecular weight is 198 g/mol. The van der Waals surface area contributed by atoms with Crippen molar-refractivity contribution >= 4 is 0 Å². The zero-order valence-electron chi connectivity index (χ0n) is 11.4. The highest BCUT2D eigenvalue weighted by Crippen LogP contribution is 2.44. The predicted molar refractivity (Wildman–Crippen MR) is 66.5 cm³/mol. The molecule has 0 saturated heterocycles. The Morgan fingerprint density at radius 2 is 1.29 bits per heavy atom. The van der Waals surface area contributed by atoms with Crippen LogP contribution in [-0.4, -0.2) is 0 Å². The van der Waals surface area contributed by atoms with Gasteiger partial charge in [0.2, 0.25) is 0 Å². The third-order valence-corrected chi connectivity index (χ3v) is 3.56. The Kier molecular flexibility index (Phi) is 5.19. The normalized spacial score (nSPS) is 22.5. The van der Waals surface area contributed by atoms with Gasteiger partial charge in [-0.2, -0.15) is 0 Å². The summed E-state index contributed by atoms with van der Waals surface area (Å²) in [6.45, 7) is 16.0. The molecule has 86 valence electrons. The van der Waals surface area contributed by atoms with E-state index in [2.05, 4.69) is 34.6 Å². The molecule has 1 saturated carbocycles. The molecule has 0 atom stereocenters. The van der Waals surface area contributed by atoms with Crippen molar-refractivity contribution in [3.05, 3.63) is 0 Å². The maximum atomic E-state index is 2.41. The Bertz CT molecular complexity index is 138. The van der Waals surface area contributed by atoms with Crippen LogP contribution in [0.2, 0.25) is 0 Å². The lowest BCUT2D eigenvalue weighted by atomic mass is 9.65. The van der Waals surface area contributed by atoms with Crippen molar-refractivity contribution < 1.29 is 0 Å². The molecule has 0 bridgehead atoms. The van der Waals surface area contributed by atoms with Crippen LogP contribution in [0.3, 0.4) is 0 Å². The quantitative estimate of drug-likeness (QED) is 0.497. The van der Waals surface area contributed by atoms with Crippen LogP contribution in [0.5, 0.6) is 0 Å². The van der Waals surface area contributed by atoms with Gasteiger partial charge < -0.3 is 0 Å². The molecule has 1 aliphatic rings. The fourth-order valence-corrected chi connectivity index (χ4v) is 2.27. The van der Waals surface area contributed by atoms with E-state index in [-0.39, 0.29) is 0 Å². The van der Waals surface area contributed by atoms with Crippen LogP contribution in [0.4, 0.5) is 0 Å². The van der Waals surface area contributed by atoms with Gasteiger partial charge in [0, 0.05) is 0 Å². The molecule has 0 aromatic heterocycles. The lowest BCUT2D eigenvalue weighted by Crippen LogP contribution is -2.29. The Morgan fingerprint density at radius 1 is 0.929 bits per heavy atom. The van der Waals surface area contributed by atoms with Crippen molar-refractivity contribution in [3.8, 4) is 0 Å². The van der Waals surface area contributed by atoms with Crippen molar-refractivity contribution in [1.82, 2.24) is 0 Å². The van der Waals surface area contributed by atoms with E-state index in [0.717, 1.165) is 5.92 Å². The summed E-state index contributed by atoms with van der Waals surface area (Å²) < 4.78 is 0. The summed E-state index contributed by atoms with van der Waals surface area (Å²) in [4.78, 5) is 0. The molecule has 0 aromatic rings. The molecule has 1 rings (SSSR count). The molecule has 0 aliphatic heterocycles. The molecule has 0 radical (unpaired) electrons. The Labute approximate surface area is 91.5 Å². The van der Waals surface area contributed by atoms with E-state index >= 15 is 0 Å². The summed E-state index contributed by atoms with van der Waals surface area (Å²) >= 11 is 0. The summed E-state index contributed by atoms with van der Waals surface area (Å²) in [7, 11) is 0. The van der Waals surface area contributed by atoms with Gasteiger partial charge in [-0.05, 0) is 42.4 Å². The first-order valence-electron chi connectivity index (χ1n) is 6.31. The van der Waals surface area contributed by atoms with Gasteiger partial charge in [-0.15, -0.1) is 0 Å². The zero-order valence-corrected chi connectivity index (χ0v) is 11.4. The van der Waals surface area contributed by atoms with E-state index in [1.807, 2.05) is 13.8 Å². The summed E-state index contributed by atoms with van der Waals surface area (Å²) in [6.07, 6.45) is 5.73. The van der Waals surface area contributed by atoms with E-state index in [4.69, 9.17) is 0 Å². The maximum absolute atomic E-state index is 2.41. The van der Waals surface area contributed by atoms with Crippen molar-refractivity contribution in [2.45, 2.75) is 74.1 Å². The van der Waals surface area contributed by atoms with Gasteiger partial charge in [0.25, 0.3) is 0 Å². The fraction of sp³-hybridized carbons (Fsp3) is 1.00. The smallest absolute Gasteiger partial charge is 0.0354 e. The van der Waals surface area contributed by atoms with Gasteiger partial charge >= 0.3 is 0 Å². The van der Waals surface area contributed by atoms with Crippen LogP contribution in [0.1, 0.15) is 74.1 Å². The Morgan fingerprint density at radius 3 is 1.57 bits per heavy atom. The van der Waals surface area contributed by atoms with Crippen molar-refractivity contribution in [1.29, 1.82) is 0 Å². The molecule has 1 fully saturated rings. The third kappa shape index (κ3) is 4.48. The maximum Gasteiger partial charge on any atom is -0.0354 e. The second-order valence-corrected chi connectivity index (χ2v) is 6.30. The Hall–Kier alpha value is 0. The minimum Gasteiger partial charge on any atom is -0.0683 e. The predicted octanol–water partition coefficient (Wildman–Crippen LogP) is 5.28. The van der Waals surface area contributed by atoms with Crippen LogP contribution in [-0.2, 0) is 0 Å². The highest BCUT2D eigenvalue weighted by atomic mass is 14.4. The highest BCUT2D eigenvalue weighted by Gasteiger charge is 2.32. The molecule has 0 aromatic carbocycles. The van der Waals surface area contributed by atoms with E-state index in [9.17, 15) is 0 Å². The van der Waals surface area contributed by atoms with E-state index in [1.54, 1.807) is 0 Å². The number of rotatable bonds is 0. The SMILES string of the molecule is CC.CC1(C)CCC(C(C)(C)C)CC1. The molecule has 1 aliphatic carbocycles. The molecule has 0 N–H and O–H groups in total. The van der Waals surface area contributed by atoms with Gasteiger partial charge in [0.05, 0.1) is 0 Å². The lowest BCUT2D eigenvalue weighted by Gasteiger charge is -2.40. The third-order valence-electron chi connectivity index (χ3n) is 3.56. The Balaban J connectivity index is 0.000000791. The molecular formula is C14H30. The molecule has 0 amide bonds.